The highest BCUT2D eigenvalue weighted by atomic mass is 16.5. The molecule has 16 heavy (non-hydrogen) atoms. The van der Waals surface area contributed by atoms with Crippen molar-refractivity contribution in [2.45, 2.75) is 38.8 Å². The van der Waals surface area contributed by atoms with Gasteiger partial charge in [-0.25, -0.2) is 4.79 Å². The monoisotopic (exact) mass is 228 g/mol. The van der Waals surface area contributed by atoms with Crippen molar-refractivity contribution in [1.82, 2.24) is 4.90 Å². The molecule has 92 valence electrons. The lowest BCUT2D eigenvalue weighted by Crippen LogP contribution is -2.46. The summed E-state index contributed by atoms with van der Waals surface area (Å²) in [7, 11) is 1.34. The van der Waals surface area contributed by atoms with E-state index in [0.717, 1.165) is 0 Å². The minimum absolute atomic E-state index is 0.143. The number of methoxy groups -OCH3 is 1. The number of nitrogens with zero attached hydrogens (tertiary/aromatic N) is 1. The molecule has 1 aliphatic rings. The average molecular weight is 228 g/mol. The van der Waals surface area contributed by atoms with Gasteiger partial charge in [0.05, 0.1) is 13.2 Å². The fourth-order valence-electron chi connectivity index (χ4n) is 1.97. The van der Waals surface area contributed by atoms with Gasteiger partial charge in [-0.3, -0.25) is 4.79 Å². The van der Waals surface area contributed by atoms with E-state index in [1.807, 2.05) is 13.8 Å². The van der Waals surface area contributed by atoms with Crippen LogP contribution in [0, 0.1) is 5.92 Å². The maximum Gasteiger partial charge on any atom is 0.328 e. The van der Waals surface area contributed by atoms with Crippen molar-refractivity contribution in [2.24, 2.45) is 11.7 Å². The van der Waals surface area contributed by atoms with Crippen LogP contribution < -0.4 is 5.73 Å². The minimum atomic E-state index is -0.481. The summed E-state index contributed by atoms with van der Waals surface area (Å²) in [4.78, 5) is 24.9. The summed E-state index contributed by atoms with van der Waals surface area (Å²) in [5, 5.41) is 0. The van der Waals surface area contributed by atoms with E-state index in [4.69, 9.17) is 10.5 Å². The molecule has 0 spiro atoms. The Morgan fingerprint density at radius 1 is 1.62 bits per heavy atom. The van der Waals surface area contributed by atoms with Crippen molar-refractivity contribution in [2.75, 3.05) is 13.7 Å². The minimum Gasteiger partial charge on any atom is -0.467 e. The second-order valence-electron chi connectivity index (χ2n) is 4.60. The molecule has 0 radical (unpaired) electrons. The molecule has 0 aliphatic carbocycles. The lowest BCUT2D eigenvalue weighted by molar-refractivity contribution is -0.152. The van der Waals surface area contributed by atoms with Crippen LogP contribution >= 0.6 is 0 Å². The Labute approximate surface area is 95.9 Å². The summed E-state index contributed by atoms with van der Waals surface area (Å²) in [5.41, 5.74) is 5.64. The quantitative estimate of drug-likeness (QED) is 0.694. The van der Waals surface area contributed by atoms with Gasteiger partial charge in [-0.05, 0) is 18.8 Å². The molecular formula is C11H20N2O3. The fourth-order valence-corrected chi connectivity index (χ4v) is 1.97. The maximum atomic E-state index is 11.7. The Morgan fingerprint density at radius 3 is 2.62 bits per heavy atom. The van der Waals surface area contributed by atoms with Crippen LogP contribution in [0.25, 0.3) is 0 Å². The van der Waals surface area contributed by atoms with Crippen molar-refractivity contribution in [1.29, 1.82) is 0 Å². The van der Waals surface area contributed by atoms with E-state index in [2.05, 4.69) is 0 Å². The van der Waals surface area contributed by atoms with Crippen molar-refractivity contribution < 1.29 is 14.3 Å². The summed E-state index contributed by atoms with van der Waals surface area (Å²) in [5.74, 6) is -0.166. The second-order valence-corrected chi connectivity index (χ2v) is 4.60. The van der Waals surface area contributed by atoms with Crippen molar-refractivity contribution in [3.63, 3.8) is 0 Å². The molecule has 1 saturated heterocycles. The number of rotatable bonds is 4. The SMILES string of the molecule is COC(=O)C(CC(C)C)N1CCC(N)C1=O. The van der Waals surface area contributed by atoms with E-state index >= 15 is 0 Å². The van der Waals surface area contributed by atoms with Crippen molar-refractivity contribution >= 4 is 11.9 Å². The molecule has 1 heterocycles. The summed E-state index contributed by atoms with van der Waals surface area (Å²) >= 11 is 0. The van der Waals surface area contributed by atoms with Gasteiger partial charge < -0.3 is 15.4 Å². The van der Waals surface area contributed by atoms with Crippen LogP contribution in [0.1, 0.15) is 26.7 Å². The topological polar surface area (TPSA) is 72.6 Å². The third-order valence-electron chi connectivity index (χ3n) is 2.83. The number of carbonyl (C=O) groups excluding carboxylic acids is 2. The predicted molar refractivity (Wildman–Crippen MR) is 59.6 cm³/mol. The van der Waals surface area contributed by atoms with Gasteiger partial charge in [0, 0.05) is 6.54 Å². The molecule has 2 N–H and O–H groups in total. The summed E-state index contributed by atoms with van der Waals surface area (Å²) in [6.45, 7) is 4.57. The van der Waals surface area contributed by atoms with Gasteiger partial charge in [0.1, 0.15) is 6.04 Å². The van der Waals surface area contributed by atoms with Gasteiger partial charge in [0.15, 0.2) is 0 Å². The van der Waals surface area contributed by atoms with E-state index in [1.54, 1.807) is 4.90 Å². The lowest BCUT2D eigenvalue weighted by Gasteiger charge is -2.27. The number of esters is 1. The van der Waals surface area contributed by atoms with Gasteiger partial charge in [-0.2, -0.15) is 0 Å². The number of nitrogens with two attached hydrogens (primary N) is 1. The molecule has 0 aromatic rings. The van der Waals surface area contributed by atoms with E-state index in [9.17, 15) is 9.59 Å². The van der Waals surface area contributed by atoms with Gasteiger partial charge in [0.2, 0.25) is 5.91 Å². The number of ether oxygens (including phenoxy) is 1. The number of carbonyl (C=O) groups is 2. The highest BCUT2D eigenvalue weighted by Crippen LogP contribution is 2.19. The number of amides is 1. The summed E-state index contributed by atoms with van der Waals surface area (Å²) < 4.78 is 4.74. The number of hydrogen-bond donors (Lipinski definition) is 1. The molecule has 2 atom stereocenters. The molecule has 0 aromatic carbocycles. The van der Waals surface area contributed by atoms with Crippen molar-refractivity contribution in [3.8, 4) is 0 Å². The first-order valence-electron chi connectivity index (χ1n) is 5.61. The smallest absolute Gasteiger partial charge is 0.328 e. The van der Waals surface area contributed by atoms with Crippen LogP contribution in [0.15, 0.2) is 0 Å². The molecule has 0 saturated carbocycles. The highest BCUT2D eigenvalue weighted by molar-refractivity contribution is 5.89. The molecule has 1 rings (SSSR count). The zero-order chi connectivity index (χ0) is 12.3. The standard InChI is InChI=1S/C11H20N2O3/c1-7(2)6-9(11(15)16-3)13-5-4-8(12)10(13)14/h7-9H,4-6,12H2,1-3H3. The molecule has 0 aromatic heterocycles. The van der Waals surface area contributed by atoms with E-state index in [1.165, 1.54) is 7.11 Å². The Bertz CT molecular complexity index is 278. The largest absolute Gasteiger partial charge is 0.467 e. The third kappa shape index (κ3) is 2.72. The number of hydrogen-bond acceptors (Lipinski definition) is 4. The molecule has 0 bridgehead atoms. The predicted octanol–water partition coefficient (Wildman–Crippen LogP) is 0.134. The Balaban J connectivity index is 2.76. The van der Waals surface area contributed by atoms with Crippen LogP contribution in [0.5, 0.6) is 0 Å². The lowest BCUT2D eigenvalue weighted by atomic mass is 10.0. The van der Waals surface area contributed by atoms with Crippen LogP contribution in [-0.4, -0.2) is 42.5 Å². The van der Waals surface area contributed by atoms with E-state index in [0.29, 0.717) is 25.3 Å². The second kappa shape index (κ2) is 5.30. The van der Waals surface area contributed by atoms with Gasteiger partial charge in [-0.15, -0.1) is 0 Å². The molecule has 1 amide bonds. The van der Waals surface area contributed by atoms with E-state index in [-0.39, 0.29) is 11.9 Å². The normalized spacial score (nSPS) is 22.7. The molecule has 5 nitrogen and oxygen atoms in total. The number of likely N-dealkylation sites (tertiary alicyclic amines) is 1. The Morgan fingerprint density at radius 2 is 2.25 bits per heavy atom. The van der Waals surface area contributed by atoms with Crippen LogP contribution in [0.4, 0.5) is 0 Å². The molecule has 5 heteroatoms. The average Bonchev–Trinajstić information content (AvgIpc) is 2.55. The van der Waals surface area contributed by atoms with Crippen molar-refractivity contribution in [3.05, 3.63) is 0 Å². The molecule has 1 aliphatic heterocycles. The first-order chi connectivity index (χ1) is 7.47. The zero-order valence-electron chi connectivity index (χ0n) is 10.1. The van der Waals surface area contributed by atoms with Crippen LogP contribution in [0.3, 0.4) is 0 Å². The third-order valence-corrected chi connectivity index (χ3v) is 2.83. The summed E-state index contributed by atoms with van der Waals surface area (Å²) in [6.07, 6.45) is 1.23. The Kier molecular flexibility index (Phi) is 4.29. The summed E-state index contributed by atoms with van der Waals surface area (Å²) in [6, 6.07) is -0.939. The van der Waals surface area contributed by atoms with Gasteiger partial charge >= 0.3 is 5.97 Å². The molecule has 1 fully saturated rings. The first-order valence-corrected chi connectivity index (χ1v) is 5.61. The molecular weight excluding hydrogens is 208 g/mol. The fraction of sp³-hybridized carbons (Fsp3) is 0.818. The maximum absolute atomic E-state index is 11.7. The van der Waals surface area contributed by atoms with Crippen LogP contribution in [-0.2, 0) is 14.3 Å². The first kappa shape index (κ1) is 13.0. The van der Waals surface area contributed by atoms with Gasteiger partial charge in [0.25, 0.3) is 0 Å². The zero-order valence-corrected chi connectivity index (χ0v) is 10.1. The van der Waals surface area contributed by atoms with E-state index < -0.39 is 12.1 Å². The highest BCUT2D eigenvalue weighted by Gasteiger charge is 2.37. The van der Waals surface area contributed by atoms with Crippen LogP contribution in [0.2, 0.25) is 0 Å². The van der Waals surface area contributed by atoms with Gasteiger partial charge in [-0.1, -0.05) is 13.8 Å². The molecule has 2 unspecified atom stereocenters. The Hall–Kier alpha value is -1.10.